The highest BCUT2D eigenvalue weighted by Gasteiger charge is 2.22. The molecule has 10 heteroatoms. The summed E-state index contributed by atoms with van der Waals surface area (Å²) in [7, 11) is 0. The zero-order chi connectivity index (χ0) is 23.5. The molecule has 1 unspecified atom stereocenters. The van der Waals surface area contributed by atoms with Gasteiger partial charge in [-0.15, -0.1) is 5.10 Å². The molecule has 33 heavy (non-hydrogen) atoms. The zero-order valence-corrected chi connectivity index (χ0v) is 18.4. The summed E-state index contributed by atoms with van der Waals surface area (Å²) in [6.45, 7) is 5.85. The maximum atomic E-state index is 14.3. The van der Waals surface area contributed by atoms with Crippen molar-refractivity contribution in [3.05, 3.63) is 77.3 Å². The van der Waals surface area contributed by atoms with Crippen LogP contribution in [-0.2, 0) is 6.42 Å². The Morgan fingerprint density at radius 3 is 2.48 bits per heavy atom. The molecule has 0 aliphatic rings. The molecule has 4 rings (SSSR count). The molecule has 8 nitrogen and oxygen atoms in total. The number of rotatable bonds is 7. The van der Waals surface area contributed by atoms with Crippen LogP contribution in [0.5, 0.6) is 0 Å². The molecule has 0 spiro atoms. The van der Waals surface area contributed by atoms with Crippen LogP contribution in [0.2, 0.25) is 0 Å². The fourth-order valence-corrected chi connectivity index (χ4v) is 3.54. The first-order valence-electron chi connectivity index (χ1n) is 10.6. The third kappa shape index (κ3) is 4.61. The molecule has 0 saturated heterocycles. The molecular formula is C23H23F2N7O. The lowest BCUT2D eigenvalue weighted by Gasteiger charge is -2.18. The van der Waals surface area contributed by atoms with E-state index >= 15 is 0 Å². The predicted octanol–water partition coefficient (Wildman–Crippen LogP) is 3.60. The Morgan fingerprint density at radius 2 is 1.79 bits per heavy atom. The first-order chi connectivity index (χ1) is 15.9. The zero-order valence-electron chi connectivity index (χ0n) is 18.4. The molecule has 3 heterocycles. The monoisotopic (exact) mass is 451 g/mol. The minimum absolute atomic E-state index is 0.0317. The molecule has 0 radical (unpaired) electrons. The van der Waals surface area contributed by atoms with Gasteiger partial charge in [0, 0.05) is 18.5 Å². The van der Waals surface area contributed by atoms with Gasteiger partial charge in [0.25, 0.3) is 5.95 Å². The van der Waals surface area contributed by atoms with E-state index in [4.69, 9.17) is 5.11 Å². The summed E-state index contributed by atoms with van der Waals surface area (Å²) in [6.07, 6.45) is 3.45. The number of aliphatic hydroxyl groups excluding tert-OH is 1. The Labute approximate surface area is 189 Å². The van der Waals surface area contributed by atoms with Crippen LogP contribution in [0.1, 0.15) is 55.4 Å². The molecule has 0 bridgehead atoms. The smallest absolute Gasteiger partial charge is 0.252 e. The molecule has 1 atom stereocenters. The second-order valence-corrected chi connectivity index (χ2v) is 7.90. The standard InChI is InChI=1S/C23H23F2N7O/c1-13(2)15-11-19(21-16(24)5-4-6-17(21)25)29-30-22(15)14(3)18-7-9-26-23(28-18)32-12-27-20(31-32)8-10-33/h4-7,9,11-14,33H,8,10H2,1-3H3. The van der Waals surface area contributed by atoms with Gasteiger partial charge in [0.05, 0.1) is 29.3 Å². The van der Waals surface area contributed by atoms with Crippen molar-refractivity contribution in [3.63, 3.8) is 0 Å². The van der Waals surface area contributed by atoms with Crippen molar-refractivity contribution in [2.24, 2.45) is 0 Å². The van der Waals surface area contributed by atoms with Gasteiger partial charge in [0.15, 0.2) is 5.82 Å². The quantitative estimate of drug-likeness (QED) is 0.458. The van der Waals surface area contributed by atoms with Crippen LogP contribution in [0, 0.1) is 11.6 Å². The summed E-state index contributed by atoms with van der Waals surface area (Å²) in [6, 6.07) is 7.17. The Balaban J connectivity index is 1.71. The first-order valence-corrected chi connectivity index (χ1v) is 10.6. The van der Waals surface area contributed by atoms with Gasteiger partial charge in [-0.3, -0.25) is 0 Å². The number of nitrogens with zero attached hydrogens (tertiary/aromatic N) is 7. The molecule has 0 fully saturated rings. The lowest BCUT2D eigenvalue weighted by atomic mass is 9.92. The van der Waals surface area contributed by atoms with Crippen molar-refractivity contribution < 1.29 is 13.9 Å². The van der Waals surface area contributed by atoms with Crippen LogP contribution < -0.4 is 0 Å². The number of hydrogen-bond acceptors (Lipinski definition) is 7. The predicted molar refractivity (Wildman–Crippen MR) is 117 cm³/mol. The van der Waals surface area contributed by atoms with Crippen molar-refractivity contribution in [2.75, 3.05) is 6.61 Å². The fraction of sp³-hybridized carbons (Fsp3) is 0.304. The van der Waals surface area contributed by atoms with Gasteiger partial charge >= 0.3 is 0 Å². The lowest BCUT2D eigenvalue weighted by molar-refractivity contribution is 0.296. The van der Waals surface area contributed by atoms with Crippen LogP contribution >= 0.6 is 0 Å². The van der Waals surface area contributed by atoms with Crippen molar-refractivity contribution in [1.29, 1.82) is 0 Å². The Morgan fingerprint density at radius 1 is 1.03 bits per heavy atom. The van der Waals surface area contributed by atoms with Gasteiger partial charge < -0.3 is 5.11 Å². The van der Waals surface area contributed by atoms with E-state index in [1.165, 1.54) is 29.2 Å². The number of aliphatic hydroxyl groups is 1. The van der Waals surface area contributed by atoms with E-state index in [1.54, 1.807) is 18.3 Å². The van der Waals surface area contributed by atoms with Gasteiger partial charge in [-0.1, -0.05) is 26.8 Å². The number of benzene rings is 1. The third-order valence-corrected chi connectivity index (χ3v) is 5.29. The summed E-state index contributed by atoms with van der Waals surface area (Å²) in [5, 5.41) is 21.8. The number of aromatic nitrogens is 7. The molecule has 1 aromatic carbocycles. The van der Waals surface area contributed by atoms with Gasteiger partial charge in [-0.2, -0.15) is 14.9 Å². The van der Waals surface area contributed by atoms with Crippen molar-refractivity contribution in [1.82, 2.24) is 34.9 Å². The van der Waals surface area contributed by atoms with E-state index < -0.39 is 11.6 Å². The van der Waals surface area contributed by atoms with Crippen molar-refractivity contribution >= 4 is 0 Å². The van der Waals surface area contributed by atoms with E-state index in [9.17, 15) is 8.78 Å². The topological polar surface area (TPSA) is 102 Å². The van der Waals surface area contributed by atoms with Crippen LogP contribution in [-0.4, -0.2) is 46.6 Å². The average Bonchev–Trinajstić information content (AvgIpc) is 3.27. The number of halogens is 2. The van der Waals surface area contributed by atoms with Gasteiger partial charge in [0.1, 0.15) is 18.0 Å². The second-order valence-electron chi connectivity index (χ2n) is 7.90. The maximum absolute atomic E-state index is 14.3. The van der Waals surface area contributed by atoms with Crippen LogP contribution in [0.4, 0.5) is 8.78 Å². The molecule has 4 aromatic rings. The third-order valence-electron chi connectivity index (χ3n) is 5.29. The largest absolute Gasteiger partial charge is 0.396 e. The molecule has 1 N–H and O–H groups in total. The molecule has 3 aromatic heterocycles. The maximum Gasteiger partial charge on any atom is 0.252 e. The van der Waals surface area contributed by atoms with E-state index in [-0.39, 0.29) is 29.7 Å². The highest BCUT2D eigenvalue weighted by molar-refractivity contribution is 5.61. The van der Waals surface area contributed by atoms with Crippen LogP contribution in [0.3, 0.4) is 0 Å². The molecule has 0 aliphatic heterocycles. The SMILES string of the molecule is CC(C)c1cc(-c2c(F)cccc2F)nnc1C(C)c1ccnc(-n2cnc(CCO)n2)n1. The Bertz CT molecular complexity index is 1260. The van der Waals surface area contributed by atoms with E-state index in [0.717, 1.165) is 5.56 Å². The minimum Gasteiger partial charge on any atom is -0.396 e. The Hall–Kier alpha value is -3.66. The summed E-state index contributed by atoms with van der Waals surface area (Å²) >= 11 is 0. The van der Waals surface area contributed by atoms with Crippen LogP contribution in [0.15, 0.2) is 42.9 Å². The normalized spacial score (nSPS) is 12.3. The Kier molecular flexibility index (Phi) is 6.45. The molecule has 0 aliphatic carbocycles. The molecule has 170 valence electrons. The summed E-state index contributed by atoms with van der Waals surface area (Å²) < 4.78 is 30.0. The van der Waals surface area contributed by atoms with Crippen molar-refractivity contribution in [3.8, 4) is 17.2 Å². The highest BCUT2D eigenvalue weighted by atomic mass is 19.1. The first kappa shape index (κ1) is 22.5. The lowest BCUT2D eigenvalue weighted by Crippen LogP contribution is -2.12. The summed E-state index contributed by atoms with van der Waals surface area (Å²) in [4.78, 5) is 13.0. The van der Waals surface area contributed by atoms with E-state index in [0.29, 0.717) is 29.6 Å². The summed E-state index contributed by atoms with van der Waals surface area (Å²) in [5.74, 6) is -0.785. The number of hydrogen-bond donors (Lipinski definition) is 1. The molecular weight excluding hydrogens is 428 g/mol. The highest BCUT2D eigenvalue weighted by Crippen LogP contribution is 2.32. The second kappa shape index (κ2) is 9.45. The average molecular weight is 451 g/mol. The summed E-state index contributed by atoms with van der Waals surface area (Å²) in [5.41, 5.74) is 2.11. The van der Waals surface area contributed by atoms with Gasteiger partial charge in [0.2, 0.25) is 0 Å². The molecule has 0 amide bonds. The van der Waals surface area contributed by atoms with Crippen molar-refractivity contribution in [2.45, 2.75) is 39.0 Å². The fourth-order valence-electron chi connectivity index (χ4n) is 3.54. The van der Waals surface area contributed by atoms with E-state index in [1.807, 2.05) is 20.8 Å². The van der Waals surface area contributed by atoms with Crippen LogP contribution in [0.25, 0.3) is 17.2 Å². The van der Waals surface area contributed by atoms with Gasteiger partial charge in [-0.25, -0.2) is 23.7 Å². The molecule has 0 saturated carbocycles. The minimum atomic E-state index is -0.686. The van der Waals surface area contributed by atoms with E-state index in [2.05, 4.69) is 30.2 Å². The van der Waals surface area contributed by atoms with Gasteiger partial charge in [-0.05, 0) is 35.7 Å².